The number of anilines is 1. The number of nitrogens with zero attached hydrogens (tertiary/aromatic N) is 1. The molecule has 0 spiro atoms. The molecular formula is C19H21NO2. The SMILES string of the molecule is CCC(Oc1ccccc1)C(=O)N1CCCc2ccccc21. The Hall–Kier alpha value is -2.29. The van der Waals surface area contributed by atoms with Crippen LogP contribution in [-0.2, 0) is 11.2 Å². The second kappa shape index (κ2) is 6.65. The Morgan fingerprint density at radius 3 is 2.64 bits per heavy atom. The van der Waals surface area contributed by atoms with Crippen LogP contribution in [-0.4, -0.2) is 18.6 Å². The minimum atomic E-state index is -0.437. The van der Waals surface area contributed by atoms with E-state index in [1.165, 1.54) is 5.56 Å². The molecule has 1 amide bonds. The van der Waals surface area contributed by atoms with E-state index in [2.05, 4.69) is 6.07 Å². The quantitative estimate of drug-likeness (QED) is 0.858. The van der Waals surface area contributed by atoms with E-state index in [1.54, 1.807) is 0 Å². The molecule has 3 rings (SSSR count). The molecule has 0 aliphatic carbocycles. The van der Waals surface area contributed by atoms with E-state index in [1.807, 2.05) is 60.4 Å². The molecule has 3 heteroatoms. The van der Waals surface area contributed by atoms with Crippen molar-refractivity contribution < 1.29 is 9.53 Å². The van der Waals surface area contributed by atoms with Gasteiger partial charge in [-0.15, -0.1) is 0 Å². The van der Waals surface area contributed by atoms with E-state index < -0.39 is 6.10 Å². The average Bonchev–Trinajstić information content (AvgIpc) is 2.59. The van der Waals surface area contributed by atoms with Crippen molar-refractivity contribution >= 4 is 11.6 Å². The fourth-order valence-electron chi connectivity index (χ4n) is 2.91. The third kappa shape index (κ3) is 2.98. The molecule has 1 unspecified atom stereocenters. The summed E-state index contributed by atoms with van der Waals surface area (Å²) in [4.78, 5) is 14.8. The van der Waals surface area contributed by atoms with E-state index in [9.17, 15) is 4.79 Å². The standard InChI is InChI=1S/C19H21NO2/c1-2-18(22-16-11-4-3-5-12-16)19(21)20-14-8-10-15-9-6-7-13-17(15)20/h3-7,9,11-13,18H,2,8,10,14H2,1H3. The van der Waals surface area contributed by atoms with Gasteiger partial charge in [0.2, 0.25) is 0 Å². The van der Waals surface area contributed by atoms with Crippen LogP contribution in [0.2, 0.25) is 0 Å². The number of carbonyl (C=O) groups is 1. The molecule has 114 valence electrons. The number of amides is 1. The smallest absolute Gasteiger partial charge is 0.268 e. The minimum Gasteiger partial charge on any atom is -0.481 e. The lowest BCUT2D eigenvalue weighted by atomic mass is 10.0. The van der Waals surface area contributed by atoms with E-state index in [0.29, 0.717) is 6.42 Å². The highest BCUT2D eigenvalue weighted by Gasteiger charge is 2.28. The molecule has 1 aliphatic heterocycles. The molecule has 0 bridgehead atoms. The second-order valence-corrected chi connectivity index (χ2v) is 5.55. The van der Waals surface area contributed by atoms with Gasteiger partial charge in [0.1, 0.15) is 5.75 Å². The zero-order valence-electron chi connectivity index (χ0n) is 12.9. The molecule has 1 aliphatic rings. The van der Waals surface area contributed by atoms with Gasteiger partial charge in [-0.3, -0.25) is 4.79 Å². The summed E-state index contributed by atoms with van der Waals surface area (Å²) >= 11 is 0. The molecule has 3 nitrogen and oxygen atoms in total. The van der Waals surface area contributed by atoms with Crippen molar-refractivity contribution in [1.82, 2.24) is 0 Å². The van der Waals surface area contributed by atoms with Gasteiger partial charge in [-0.05, 0) is 43.0 Å². The lowest BCUT2D eigenvalue weighted by molar-refractivity contribution is -0.125. The number of hydrogen-bond donors (Lipinski definition) is 0. The number of fused-ring (bicyclic) bond motifs is 1. The van der Waals surface area contributed by atoms with Gasteiger partial charge >= 0.3 is 0 Å². The Morgan fingerprint density at radius 2 is 1.86 bits per heavy atom. The Kier molecular flexibility index (Phi) is 4.42. The van der Waals surface area contributed by atoms with Gasteiger partial charge in [0.15, 0.2) is 6.10 Å². The largest absolute Gasteiger partial charge is 0.481 e. The minimum absolute atomic E-state index is 0.0542. The van der Waals surface area contributed by atoms with E-state index in [-0.39, 0.29) is 5.91 Å². The number of para-hydroxylation sites is 2. The third-order valence-electron chi connectivity index (χ3n) is 4.04. The Morgan fingerprint density at radius 1 is 1.14 bits per heavy atom. The highest BCUT2D eigenvalue weighted by atomic mass is 16.5. The van der Waals surface area contributed by atoms with Crippen molar-refractivity contribution in [1.29, 1.82) is 0 Å². The number of ether oxygens (including phenoxy) is 1. The highest BCUT2D eigenvalue weighted by Crippen LogP contribution is 2.28. The summed E-state index contributed by atoms with van der Waals surface area (Å²) in [6, 6.07) is 17.7. The summed E-state index contributed by atoms with van der Waals surface area (Å²) in [5.41, 5.74) is 2.28. The van der Waals surface area contributed by atoms with Gasteiger partial charge in [0, 0.05) is 12.2 Å². The van der Waals surface area contributed by atoms with Gasteiger partial charge in [-0.25, -0.2) is 0 Å². The maximum atomic E-state index is 12.9. The predicted octanol–water partition coefficient (Wildman–Crippen LogP) is 3.82. The normalized spacial score (nSPS) is 15.0. The first-order valence-electron chi connectivity index (χ1n) is 7.90. The van der Waals surface area contributed by atoms with Crippen LogP contribution in [0, 0.1) is 0 Å². The van der Waals surface area contributed by atoms with Crippen molar-refractivity contribution in [3.63, 3.8) is 0 Å². The van der Waals surface area contributed by atoms with Crippen molar-refractivity contribution in [3.8, 4) is 5.75 Å². The van der Waals surface area contributed by atoms with Crippen molar-refractivity contribution in [2.24, 2.45) is 0 Å². The summed E-state index contributed by atoms with van der Waals surface area (Å²) in [5, 5.41) is 0. The molecule has 0 saturated carbocycles. The fraction of sp³-hybridized carbons (Fsp3) is 0.316. The van der Waals surface area contributed by atoms with Crippen LogP contribution in [0.15, 0.2) is 54.6 Å². The van der Waals surface area contributed by atoms with Crippen molar-refractivity contribution in [3.05, 3.63) is 60.2 Å². The first-order chi connectivity index (χ1) is 10.8. The number of benzene rings is 2. The Bertz CT molecular complexity index is 639. The van der Waals surface area contributed by atoms with Crippen LogP contribution in [0.5, 0.6) is 5.75 Å². The van der Waals surface area contributed by atoms with Crippen molar-refractivity contribution in [2.75, 3.05) is 11.4 Å². The summed E-state index contributed by atoms with van der Waals surface area (Å²) in [6.07, 6.45) is 2.27. The fourth-order valence-corrected chi connectivity index (χ4v) is 2.91. The van der Waals surface area contributed by atoms with Gasteiger partial charge in [-0.1, -0.05) is 43.3 Å². The number of hydrogen-bond acceptors (Lipinski definition) is 2. The first-order valence-corrected chi connectivity index (χ1v) is 7.90. The Balaban J connectivity index is 1.80. The van der Waals surface area contributed by atoms with Crippen molar-refractivity contribution in [2.45, 2.75) is 32.3 Å². The van der Waals surface area contributed by atoms with Gasteiger partial charge in [-0.2, -0.15) is 0 Å². The summed E-state index contributed by atoms with van der Waals surface area (Å²) in [5.74, 6) is 0.798. The molecule has 0 N–H and O–H groups in total. The predicted molar refractivity (Wildman–Crippen MR) is 88.3 cm³/mol. The molecule has 0 fully saturated rings. The number of rotatable bonds is 4. The van der Waals surface area contributed by atoms with Crippen LogP contribution in [0.25, 0.3) is 0 Å². The highest BCUT2D eigenvalue weighted by molar-refractivity contribution is 5.97. The molecular weight excluding hydrogens is 274 g/mol. The number of aryl methyl sites for hydroxylation is 1. The van der Waals surface area contributed by atoms with Crippen LogP contribution in [0.1, 0.15) is 25.3 Å². The molecule has 1 atom stereocenters. The van der Waals surface area contributed by atoms with Gasteiger partial charge in [0.05, 0.1) is 0 Å². The molecule has 0 aromatic heterocycles. The van der Waals surface area contributed by atoms with Crippen LogP contribution in [0.3, 0.4) is 0 Å². The van der Waals surface area contributed by atoms with Crippen LogP contribution in [0.4, 0.5) is 5.69 Å². The molecule has 2 aromatic rings. The average molecular weight is 295 g/mol. The summed E-state index contributed by atoms with van der Waals surface area (Å²) in [7, 11) is 0. The lowest BCUT2D eigenvalue weighted by Gasteiger charge is -2.32. The summed E-state index contributed by atoms with van der Waals surface area (Å²) in [6.45, 7) is 2.76. The Labute approximate surface area is 131 Å². The molecule has 0 saturated heterocycles. The topological polar surface area (TPSA) is 29.5 Å². The van der Waals surface area contributed by atoms with Gasteiger partial charge in [0.25, 0.3) is 5.91 Å². The molecule has 0 radical (unpaired) electrons. The maximum Gasteiger partial charge on any atom is 0.268 e. The van der Waals surface area contributed by atoms with E-state index in [4.69, 9.17) is 4.74 Å². The van der Waals surface area contributed by atoms with E-state index in [0.717, 1.165) is 30.8 Å². The lowest BCUT2D eigenvalue weighted by Crippen LogP contribution is -2.44. The van der Waals surface area contributed by atoms with E-state index >= 15 is 0 Å². The van der Waals surface area contributed by atoms with Crippen LogP contribution < -0.4 is 9.64 Å². The second-order valence-electron chi connectivity index (χ2n) is 5.55. The maximum absolute atomic E-state index is 12.9. The first kappa shape index (κ1) is 14.6. The molecule has 22 heavy (non-hydrogen) atoms. The zero-order valence-corrected chi connectivity index (χ0v) is 12.9. The third-order valence-corrected chi connectivity index (χ3v) is 4.04. The zero-order chi connectivity index (χ0) is 15.4. The van der Waals surface area contributed by atoms with Gasteiger partial charge < -0.3 is 9.64 Å². The van der Waals surface area contributed by atoms with Crippen LogP contribution >= 0.6 is 0 Å². The molecule has 1 heterocycles. The summed E-state index contributed by atoms with van der Waals surface area (Å²) < 4.78 is 5.90. The number of carbonyl (C=O) groups excluding carboxylic acids is 1. The monoisotopic (exact) mass is 295 g/mol. The molecule has 2 aromatic carbocycles.